The summed E-state index contributed by atoms with van der Waals surface area (Å²) in [5.74, 6) is 2.41. The minimum atomic E-state index is -0.304. The van der Waals surface area contributed by atoms with Crippen LogP contribution in [-0.2, 0) is 23.5 Å². The number of nitrogens with one attached hydrogen (secondary N) is 2. The minimum absolute atomic E-state index is 0.0359. The number of nitrogens with zero attached hydrogens (tertiary/aromatic N) is 7. The Morgan fingerprint density at radius 2 is 1.81 bits per heavy atom. The summed E-state index contributed by atoms with van der Waals surface area (Å²) in [5.41, 5.74) is 4.35. The summed E-state index contributed by atoms with van der Waals surface area (Å²) in [7, 11) is 2.16. The number of fused-ring (bicyclic) bond motifs is 2. The lowest BCUT2D eigenvalue weighted by atomic mass is 9.86. The lowest BCUT2D eigenvalue weighted by Gasteiger charge is -2.36. The molecule has 3 atom stereocenters. The Labute approximate surface area is 281 Å². The highest BCUT2D eigenvalue weighted by Gasteiger charge is 2.33. The summed E-state index contributed by atoms with van der Waals surface area (Å²) in [6, 6.07) is 17.4. The van der Waals surface area contributed by atoms with Gasteiger partial charge in [0.25, 0.3) is 0 Å². The number of piperidine rings is 1. The number of aliphatic hydroxyl groups excluding tert-OH is 1. The molecule has 1 saturated heterocycles. The monoisotopic (exact) mass is 651 g/mol. The second kappa shape index (κ2) is 13.2. The highest BCUT2D eigenvalue weighted by molar-refractivity contribution is 5.89. The lowest BCUT2D eigenvalue weighted by Crippen LogP contribution is -2.37. The van der Waals surface area contributed by atoms with Crippen molar-refractivity contribution in [2.24, 2.45) is 0 Å². The molecule has 1 aliphatic carbocycles. The summed E-state index contributed by atoms with van der Waals surface area (Å²) in [4.78, 5) is 22.5. The molecule has 4 aromatic rings. The molecule has 12 nitrogen and oxygen atoms in total. The smallest absolute Gasteiger partial charge is 0.320 e. The lowest BCUT2D eigenvalue weighted by molar-refractivity contribution is -0.190. The van der Waals surface area contributed by atoms with Gasteiger partial charge in [-0.15, -0.1) is 10.2 Å². The van der Waals surface area contributed by atoms with Crippen molar-refractivity contribution in [1.82, 2.24) is 39.8 Å². The fourth-order valence-electron chi connectivity index (χ4n) is 6.91. The molecule has 252 valence electrons. The number of anilines is 1. The van der Waals surface area contributed by atoms with E-state index in [-0.39, 0.29) is 36.2 Å². The van der Waals surface area contributed by atoms with Crippen LogP contribution >= 0.6 is 0 Å². The Morgan fingerprint density at radius 1 is 1.02 bits per heavy atom. The van der Waals surface area contributed by atoms with Crippen LogP contribution < -0.4 is 10.6 Å². The first-order valence-corrected chi connectivity index (χ1v) is 16.9. The highest BCUT2D eigenvalue weighted by atomic mass is 16.7. The van der Waals surface area contributed by atoms with E-state index >= 15 is 0 Å². The molecular weight excluding hydrogens is 606 g/mol. The first-order valence-electron chi connectivity index (χ1n) is 16.9. The van der Waals surface area contributed by atoms with Gasteiger partial charge in [-0.25, -0.2) is 14.5 Å². The summed E-state index contributed by atoms with van der Waals surface area (Å²) in [6.07, 6.45) is 8.68. The van der Waals surface area contributed by atoms with Gasteiger partial charge >= 0.3 is 6.03 Å². The van der Waals surface area contributed by atoms with Crippen LogP contribution in [0.5, 0.6) is 0 Å². The van der Waals surface area contributed by atoms with Crippen LogP contribution in [0.4, 0.5) is 10.6 Å². The molecule has 0 bridgehead atoms. The normalized spacial score (nSPS) is 21.1. The van der Waals surface area contributed by atoms with E-state index in [2.05, 4.69) is 70.2 Å². The van der Waals surface area contributed by atoms with Crippen molar-refractivity contribution in [2.75, 3.05) is 18.9 Å². The van der Waals surface area contributed by atoms with Gasteiger partial charge in [-0.05, 0) is 68.1 Å². The number of carbonyl (C=O) groups is 1. The highest BCUT2D eigenvalue weighted by Crippen LogP contribution is 2.39. The number of benzene rings is 2. The summed E-state index contributed by atoms with van der Waals surface area (Å²) >= 11 is 0. The largest absolute Gasteiger partial charge is 0.392 e. The number of aliphatic hydroxyl groups is 1. The second-order valence-corrected chi connectivity index (χ2v) is 14.1. The zero-order chi connectivity index (χ0) is 33.4. The van der Waals surface area contributed by atoms with Crippen molar-refractivity contribution in [1.29, 1.82) is 0 Å². The molecule has 3 aliphatic rings. The van der Waals surface area contributed by atoms with E-state index in [1.165, 1.54) is 12.8 Å². The van der Waals surface area contributed by atoms with Crippen LogP contribution in [0.2, 0.25) is 0 Å². The number of amides is 2. The van der Waals surface area contributed by atoms with E-state index in [9.17, 15) is 9.90 Å². The van der Waals surface area contributed by atoms with Crippen LogP contribution in [0.3, 0.4) is 0 Å². The van der Waals surface area contributed by atoms with Gasteiger partial charge in [0.15, 0.2) is 11.6 Å². The Balaban J connectivity index is 1.05. The topological polar surface area (TPSA) is 126 Å². The van der Waals surface area contributed by atoms with Gasteiger partial charge in [0, 0.05) is 23.8 Å². The zero-order valence-corrected chi connectivity index (χ0v) is 28.1. The predicted octanol–water partition coefficient (Wildman–Crippen LogP) is 5.98. The van der Waals surface area contributed by atoms with E-state index in [0.717, 1.165) is 65.5 Å². The predicted molar refractivity (Wildman–Crippen MR) is 183 cm³/mol. The third kappa shape index (κ3) is 6.47. The summed E-state index contributed by atoms with van der Waals surface area (Å²) < 4.78 is 3.90. The molecule has 2 aromatic heterocycles. The van der Waals surface area contributed by atoms with E-state index in [1.807, 2.05) is 59.8 Å². The molecule has 7 rings (SSSR count). The third-order valence-corrected chi connectivity index (χ3v) is 9.63. The van der Waals surface area contributed by atoms with Crippen LogP contribution in [-0.4, -0.2) is 59.2 Å². The van der Waals surface area contributed by atoms with Gasteiger partial charge in [-0.1, -0.05) is 63.6 Å². The van der Waals surface area contributed by atoms with Crippen LogP contribution in [0.15, 0.2) is 60.8 Å². The molecule has 48 heavy (non-hydrogen) atoms. The quantitative estimate of drug-likeness (QED) is 0.223. The van der Waals surface area contributed by atoms with E-state index in [0.29, 0.717) is 12.5 Å². The van der Waals surface area contributed by atoms with E-state index < -0.39 is 0 Å². The maximum atomic E-state index is 13.5. The average molecular weight is 652 g/mol. The Hall–Kier alpha value is -4.52. The molecule has 4 heterocycles. The number of hydrogen-bond acceptors (Lipinski definition) is 8. The number of likely N-dealkylation sites (tertiary alicyclic amines) is 1. The van der Waals surface area contributed by atoms with Crippen LogP contribution in [0.1, 0.15) is 105 Å². The Bertz CT molecular complexity index is 1790. The second-order valence-electron chi connectivity index (χ2n) is 14.1. The van der Waals surface area contributed by atoms with Crippen molar-refractivity contribution in [3.63, 3.8) is 0 Å². The van der Waals surface area contributed by atoms with Crippen LogP contribution in [0.25, 0.3) is 11.8 Å². The van der Waals surface area contributed by atoms with Crippen molar-refractivity contribution >= 4 is 17.9 Å². The fourth-order valence-corrected chi connectivity index (χ4v) is 6.91. The van der Waals surface area contributed by atoms with Gasteiger partial charge in [0.2, 0.25) is 0 Å². The molecule has 1 fully saturated rings. The first kappa shape index (κ1) is 32.0. The Kier molecular flexibility index (Phi) is 8.80. The summed E-state index contributed by atoms with van der Waals surface area (Å²) in [5, 5.41) is 31.5. The SMILES string of the molecule is CN1CCCC[C@H]1c1nnc2n1CN(O[C@@H]1CC[C@H](NC(=O)Nc3cc(C(C)(C)C)nn3-c3ccc(CO)cc3)c3ccccc31)C=C2. The first-order chi connectivity index (χ1) is 23.2. The Morgan fingerprint density at radius 3 is 2.56 bits per heavy atom. The molecule has 2 amide bonds. The maximum Gasteiger partial charge on any atom is 0.320 e. The number of aromatic nitrogens is 5. The fraction of sp³-hybridized carbons (Fsp3) is 0.444. The zero-order valence-electron chi connectivity index (χ0n) is 28.1. The van der Waals surface area contributed by atoms with Gasteiger partial charge in [-0.3, -0.25) is 19.6 Å². The molecule has 0 spiro atoms. The van der Waals surface area contributed by atoms with Crippen molar-refractivity contribution in [2.45, 2.75) is 89.8 Å². The van der Waals surface area contributed by atoms with Gasteiger partial charge in [-0.2, -0.15) is 5.10 Å². The summed E-state index contributed by atoms with van der Waals surface area (Å²) in [6.45, 7) is 7.83. The molecule has 2 aromatic carbocycles. The van der Waals surface area contributed by atoms with Crippen molar-refractivity contribution < 1.29 is 14.7 Å². The van der Waals surface area contributed by atoms with E-state index in [1.54, 1.807) is 4.68 Å². The standard InChI is InChI=1S/C36H45N9O3/c1-36(2,3)31-21-33(45(41-31)25-14-12-24(22-46)13-15-25)38-35(47)37-28-16-17-30(27-10-6-5-9-26(27)28)48-43-20-18-32-39-40-34(44(32)23-43)29-11-7-8-19-42(29)4/h5-6,9-10,12-15,18,20-21,28-30,46H,7-8,11,16-17,19,22-23H2,1-4H3,(H2,37,38,47)/t28-,29-,30+/m0/s1. The molecule has 0 saturated carbocycles. The van der Waals surface area contributed by atoms with Crippen molar-refractivity contribution in [3.05, 3.63) is 94.8 Å². The average Bonchev–Trinajstić information content (AvgIpc) is 3.71. The number of carbonyl (C=O) groups excluding carboxylic acids is 1. The minimum Gasteiger partial charge on any atom is -0.392 e. The van der Waals surface area contributed by atoms with E-state index in [4.69, 9.17) is 9.94 Å². The third-order valence-electron chi connectivity index (χ3n) is 9.63. The van der Waals surface area contributed by atoms with Crippen LogP contribution in [0, 0.1) is 0 Å². The van der Waals surface area contributed by atoms with Crippen molar-refractivity contribution in [3.8, 4) is 5.69 Å². The number of rotatable bonds is 7. The van der Waals surface area contributed by atoms with Gasteiger partial charge in [0.05, 0.1) is 30.1 Å². The number of urea groups is 1. The molecular formula is C36H45N9O3. The molecule has 2 aliphatic heterocycles. The molecule has 3 N–H and O–H groups in total. The molecule has 0 radical (unpaired) electrons. The molecule has 0 unspecified atom stereocenters. The number of hydrogen-bond donors (Lipinski definition) is 3. The van der Waals surface area contributed by atoms with Gasteiger partial charge < -0.3 is 10.4 Å². The number of hydroxylamine groups is 2. The van der Waals surface area contributed by atoms with Gasteiger partial charge in [0.1, 0.15) is 18.6 Å². The maximum absolute atomic E-state index is 13.5. The molecule has 12 heteroatoms.